The van der Waals surface area contributed by atoms with Gasteiger partial charge in [-0.3, -0.25) is 14.4 Å². The fourth-order valence-electron chi connectivity index (χ4n) is 4.86. The monoisotopic (exact) mass is 480 g/mol. The van der Waals surface area contributed by atoms with Gasteiger partial charge in [-0.2, -0.15) is 0 Å². The third-order valence-electron chi connectivity index (χ3n) is 6.70. The Balaban J connectivity index is 1.33. The van der Waals surface area contributed by atoms with Crippen LogP contribution in [0.25, 0.3) is 22.3 Å². The molecule has 182 valence electrons. The number of carbonyl (C=O) groups excluding carboxylic acids is 2. The molecule has 0 aliphatic carbocycles. The molecular weight excluding hydrogens is 452 g/mol. The molecule has 4 aromatic rings. The van der Waals surface area contributed by atoms with E-state index in [0.717, 1.165) is 32.4 Å². The number of benzene rings is 3. The van der Waals surface area contributed by atoms with E-state index in [0.29, 0.717) is 33.8 Å². The summed E-state index contributed by atoms with van der Waals surface area (Å²) in [6, 6.07) is 22.7. The largest absolute Gasteiger partial charge is 0.339 e. The van der Waals surface area contributed by atoms with Crippen LogP contribution in [0.1, 0.15) is 35.7 Å². The summed E-state index contributed by atoms with van der Waals surface area (Å²) in [4.78, 5) is 47.0. The predicted octanol–water partition coefficient (Wildman–Crippen LogP) is 4.64. The minimum absolute atomic E-state index is 0.0315. The van der Waals surface area contributed by atoms with Crippen molar-refractivity contribution in [1.29, 1.82) is 0 Å². The van der Waals surface area contributed by atoms with Crippen molar-refractivity contribution in [2.75, 3.05) is 18.4 Å². The van der Waals surface area contributed by atoms with Crippen molar-refractivity contribution in [3.63, 3.8) is 0 Å². The molecule has 1 aromatic heterocycles. The fraction of sp³-hybridized carbons (Fsp3) is 0.241. The summed E-state index contributed by atoms with van der Waals surface area (Å²) in [7, 11) is 0. The van der Waals surface area contributed by atoms with E-state index in [1.807, 2.05) is 11.0 Å². The van der Waals surface area contributed by atoms with E-state index < -0.39 is 0 Å². The van der Waals surface area contributed by atoms with Crippen LogP contribution in [0, 0.1) is 5.92 Å². The summed E-state index contributed by atoms with van der Waals surface area (Å²) in [5.41, 5.74) is 3.84. The number of carbonyl (C=O) groups is 2. The smallest absolute Gasteiger partial charge is 0.275 e. The van der Waals surface area contributed by atoms with Gasteiger partial charge in [0.15, 0.2) is 0 Å². The van der Waals surface area contributed by atoms with E-state index in [4.69, 9.17) is 0 Å². The van der Waals surface area contributed by atoms with Crippen molar-refractivity contribution in [3.05, 3.63) is 94.3 Å². The Morgan fingerprint density at radius 2 is 1.72 bits per heavy atom. The summed E-state index contributed by atoms with van der Waals surface area (Å²) in [5, 5.41) is 2.74. The summed E-state index contributed by atoms with van der Waals surface area (Å²) in [5.74, 6) is 0.315. The van der Waals surface area contributed by atoms with Crippen molar-refractivity contribution >= 4 is 28.5 Å². The van der Waals surface area contributed by atoms with Crippen molar-refractivity contribution in [2.24, 2.45) is 5.92 Å². The number of H-pyrrole nitrogens is 1. The molecule has 2 heterocycles. The first-order valence-electron chi connectivity index (χ1n) is 12.2. The lowest BCUT2D eigenvalue weighted by Crippen LogP contribution is -2.38. The number of rotatable bonds is 5. The Morgan fingerprint density at radius 1 is 1.00 bits per heavy atom. The van der Waals surface area contributed by atoms with Gasteiger partial charge in [-0.05, 0) is 55.0 Å². The molecule has 1 fully saturated rings. The van der Waals surface area contributed by atoms with Crippen LogP contribution in [0.15, 0.2) is 77.6 Å². The summed E-state index contributed by atoms with van der Waals surface area (Å²) in [6.45, 7) is 2.86. The second-order valence-corrected chi connectivity index (χ2v) is 9.30. The van der Waals surface area contributed by atoms with Gasteiger partial charge in [0.05, 0.1) is 16.7 Å². The van der Waals surface area contributed by atoms with Gasteiger partial charge in [-0.25, -0.2) is 4.98 Å². The number of nitrogens with one attached hydrogen (secondary N) is 2. The Hall–Kier alpha value is -4.26. The quantitative estimate of drug-likeness (QED) is 0.435. The molecule has 7 heteroatoms. The van der Waals surface area contributed by atoms with E-state index in [9.17, 15) is 14.4 Å². The molecule has 0 radical (unpaired) electrons. The Kier molecular flexibility index (Phi) is 6.62. The fourth-order valence-corrected chi connectivity index (χ4v) is 4.86. The van der Waals surface area contributed by atoms with Gasteiger partial charge in [0, 0.05) is 31.1 Å². The molecule has 0 bridgehead atoms. The molecule has 3 aromatic carbocycles. The number of fused-ring (bicyclic) bond motifs is 1. The first-order valence-corrected chi connectivity index (χ1v) is 12.2. The third kappa shape index (κ3) is 5.05. The number of aromatic amines is 1. The lowest BCUT2D eigenvalue weighted by Gasteiger charge is -2.32. The highest BCUT2D eigenvalue weighted by Crippen LogP contribution is 2.26. The van der Waals surface area contributed by atoms with Gasteiger partial charge in [0.25, 0.3) is 11.5 Å². The summed E-state index contributed by atoms with van der Waals surface area (Å²) < 4.78 is 0. The van der Waals surface area contributed by atoms with Gasteiger partial charge in [0.1, 0.15) is 5.69 Å². The predicted molar refractivity (Wildman–Crippen MR) is 141 cm³/mol. The van der Waals surface area contributed by atoms with E-state index in [2.05, 4.69) is 39.6 Å². The highest BCUT2D eigenvalue weighted by molar-refractivity contribution is 5.98. The standard InChI is InChI=1S/C29H28N4O3/c1-19(34)30-24-10-6-5-9-23(24)27-28(35)32-26-18-22(11-12-25(26)31-27)29(36)33-15-13-21(14-16-33)17-20-7-3-2-4-8-20/h2-12,18,21H,13-17H2,1H3,(H,30,34)(H,32,35). The average Bonchev–Trinajstić information content (AvgIpc) is 2.89. The minimum atomic E-state index is -0.383. The highest BCUT2D eigenvalue weighted by Gasteiger charge is 2.24. The highest BCUT2D eigenvalue weighted by atomic mass is 16.2. The molecule has 1 saturated heterocycles. The Labute approximate surface area is 209 Å². The van der Waals surface area contributed by atoms with Crippen LogP contribution in [-0.2, 0) is 11.2 Å². The summed E-state index contributed by atoms with van der Waals surface area (Å²) in [6.07, 6.45) is 2.99. The van der Waals surface area contributed by atoms with E-state index >= 15 is 0 Å². The Bertz CT molecular complexity index is 1470. The zero-order valence-electron chi connectivity index (χ0n) is 20.2. The van der Waals surface area contributed by atoms with Gasteiger partial charge in [-0.15, -0.1) is 0 Å². The second-order valence-electron chi connectivity index (χ2n) is 9.30. The number of nitrogens with zero attached hydrogens (tertiary/aromatic N) is 2. The van der Waals surface area contributed by atoms with E-state index in [-0.39, 0.29) is 23.1 Å². The summed E-state index contributed by atoms with van der Waals surface area (Å²) >= 11 is 0. The van der Waals surface area contributed by atoms with Crippen molar-refractivity contribution in [2.45, 2.75) is 26.2 Å². The third-order valence-corrected chi connectivity index (χ3v) is 6.70. The molecule has 7 nitrogen and oxygen atoms in total. The van der Waals surface area contributed by atoms with Crippen molar-refractivity contribution in [3.8, 4) is 11.3 Å². The molecule has 0 atom stereocenters. The minimum Gasteiger partial charge on any atom is -0.339 e. The van der Waals surface area contributed by atoms with Crippen LogP contribution < -0.4 is 10.9 Å². The van der Waals surface area contributed by atoms with E-state index in [1.54, 1.807) is 42.5 Å². The first kappa shape index (κ1) is 23.5. The molecule has 2 N–H and O–H groups in total. The topological polar surface area (TPSA) is 95.2 Å². The molecule has 2 amide bonds. The van der Waals surface area contributed by atoms with Crippen LogP contribution in [0.5, 0.6) is 0 Å². The number of anilines is 1. The second kappa shape index (κ2) is 10.2. The number of para-hydroxylation sites is 1. The molecule has 1 aliphatic rings. The number of piperidine rings is 1. The van der Waals surface area contributed by atoms with Crippen LogP contribution in [0.2, 0.25) is 0 Å². The van der Waals surface area contributed by atoms with Gasteiger partial charge >= 0.3 is 0 Å². The van der Waals surface area contributed by atoms with E-state index in [1.165, 1.54) is 12.5 Å². The lowest BCUT2D eigenvalue weighted by molar-refractivity contribution is -0.114. The Morgan fingerprint density at radius 3 is 2.47 bits per heavy atom. The van der Waals surface area contributed by atoms with Crippen LogP contribution in [0.3, 0.4) is 0 Å². The van der Waals surface area contributed by atoms with Crippen molar-refractivity contribution in [1.82, 2.24) is 14.9 Å². The first-order chi connectivity index (χ1) is 17.5. The molecule has 36 heavy (non-hydrogen) atoms. The molecular formula is C29H28N4O3. The van der Waals surface area contributed by atoms with Gasteiger partial charge in [0.2, 0.25) is 5.91 Å². The molecule has 0 spiro atoms. The number of likely N-dealkylation sites (tertiary alicyclic amines) is 1. The average molecular weight is 481 g/mol. The van der Waals surface area contributed by atoms with Crippen molar-refractivity contribution < 1.29 is 9.59 Å². The lowest BCUT2D eigenvalue weighted by atomic mass is 9.90. The number of hydrogen-bond acceptors (Lipinski definition) is 4. The number of hydrogen-bond donors (Lipinski definition) is 2. The zero-order valence-corrected chi connectivity index (χ0v) is 20.2. The molecule has 1 aliphatic heterocycles. The normalized spacial score (nSPS) is 14.1. The van der Waals surface area contributed by atoms with Crippen LogP contribution >= 0.6 is 0 Å². The number of aromatic nitrogens is 2. The maximum atomic E-state index is 13.2. The SMILES string of the molecule is CC(=O)Nc1ccccc1-c1nc2ccc(C(=O)N3CCC(Cc4ccccc4)CC3)cc2[nH]c1=O. The zero-order chi connectivity index (χ0) is 25.1. The number of amides is 2. The van der Waals surface area contributed by atoms with Crippen LogP contribution in [-0.4, -0.2) is 39.8 Å². The molecule has 0 unspecified atom stereocenters. The maximum absolute atomic E-state index is 13.2. The maximum Gasteiger partial charge on any atom is 0.275 e. The molecule has 0 saturated carbocycles. The molecule has 5 rings (SSSR count). The van der Waals surface area contributed by atoms with Crippen LogP contribution in [0.4, 0.5) is 5.69 Å². The van der Waals surface area contributed by atoms with Gasteiger partial charge < -0.3 is 15.2 Å². The van der Waals surface area contributed by atoms with Gasteiger partial charge in [-0.1, -0.05) is 48.5 Å².